The van der Waals surface area contributed by atoms with Gasteiger partial charge in [-0.3, -0.25) is 4.79 Å². The SMILES string of the molecule is CCCC(C)(N)C(=O)NCCc1ccc2ccccc2c1.Cl. The molecule has 120 valence electrons. The van der Waals surface area contributed by atoms with Gasteiger partial charge in [0.05, 0.1) is 5.54 Å². The number of hydrogen-bond donors (Lipinski definition) is 2. The highest BCUT2D eigenvalue weighted by molar-refractivity contribution is 5.86. The van der Waals surface area contributed by atoms with Crippen LogP contribution >= 0.6 is 12.4 Å². The molecule has 22 heavy (non-hydrogen) atoms. The molecule has 0 aliphatic rings. The van der Waals surface area contributed by atoms with Gasteiger partial charge in [-0.05, 0) is 36.1 Å². The van der Waals surface area contributed by atoms with Crippen molar-refractivity contribution in [3.8, 4) is 0 Å². The van der Waals surface area contributed by atoms with Crippen molar-refractivity contribution in [1.29, 1.82) is 0 Å². The number of carbonyl (C=O) groups is 1. The maximum Gasteiger partial charge on any atom is 0.239 e. The summed E-state index contributed by atoms with van der Waals surface area (Å²) in [5.74, 6) is -0.0647. The lowest BCUT2D eigenvalue weighted by molar-refractivity contribution is -0.126. The normalized spacial score (nSPS) is 13.2. The molecule has 2 rings (SSSR count). The summed E-state index contributed by atoms with van der Waals surface area (Å²) < 4.78 is 0. The summed E-state index contributed by atoms with van der Waals surface area (Å²) in [5, 5.41) is 5.41. The molecule has 0 fully saturated rings. The van der Waals surface area contributed by atoms with E-state index in [9.17, 15) is 4.79 Å². The van der Waals surface area contributed by atoms with E-state index < -0.39 is 5.54 Å². The second-order valence-corrected chi connectivity index (χ2v) is 5.85. The lowest BCUT2D eigenvalue weighted by atomic mass is 9.96. The highest BCUT2D eigenvalue weighted by Crippen LogP contribution is 2.16. The van der Waals surface area contributed by atoms with Gasteiger partial charge in [0.2, 0.25) is 5.91 Å². The predicted molar refractivity (Wildman–Crippen MR) is 95.4 cm³/mol. The number of nitrogens with two attached hydrogens (primary N) is 1. The van der Waals surface area contributed by atoms with Crippen molar-refractivity contribution >= 4 is 29.1 Å². The zero-order valence-electron chi connectivity index (χ0n) is 13.3. The van der Waals surface area contributed by atoms with E-state index in [2.05, 4.69) is 35.6 Å². The van der Waals surface area contributed by atoms with Crippen molar-refractivity contribution in [3.63, 3.8) is 0 Å². The zero-order chi connectivity index (χ0) is 15.3. The molecule has 1 unspecified atom stereocenters. The van der Waals surface area contributed by atoms with Crippen molar-refractivity contribution in [2.24, 2.45) is 5.73 Å². The van der Waals surface area contributed by atoms with Gasteiger partial charge in [-0.25, -0.2) is 0 Å². The Kier molecular flexibility index (Phi) is 6.85. The fraction of sp³-hybridized carbons (Fsp3) is 0.389. The second-order valence-electron chi connectivity index (χ2n) is 5.85. The molecular weight excluding hydrogens is 296 g/mol. The number of nitrogens with one attached hydrogen (secondary N) is 1. The van der Waals surface area contributed by atoms with Crippen molar-refractivity contribution in [2.45, 2.75) is 38.6 Å². The summed E-state index contributed by atoms with van der Waals surface area (Å²) >= 11 is 0. The topological polar surface area (TPSA) is 55.1 Å². The Morgan fingerprint density at radius 1 is 1.18 bits per heavy atom. The van der Waals surface area contributed by atoms with Crippen LogP contribution < -0.4 is 11.1 Å². The van der Waals surface area contributed by atoms with Crippen LogP contribution in [-0.2, 0) is 11.2 Å². The molecule has 3 nitrogen and oxygen atoms in total. The first kappa shape index (κ1) is 18.5. The fourth-order valence-corrected chi connectivity index (χ4v) is 2.55. The minimum Gasteiger partial charge on any atom is -0.354 e. The number of hydrogen-bond acceptors (Lipinski definition) is 2. The minimum atomic E-state index is -0.766. The standard InChI is InChI=1S/C18H24N2O.ClH/c1-3-11-18(2,19)17(21)20-12-10-14-8-9-15-6-4-5-7-16(15)13-14;/h4-9,13H,3,10-12,19H2,1-2H3,(H,20,21);1H. The largest absolute Gasteiger partial charge is 0.354 e. The summed E-state index contributed by atoms with van der Waals surface area (Å²) in [6.45, 7) is 4.45. The maximum atomic E-state index is 12.0. The van der Waals surface area contributed by atoms with Crippen molar-refractivity contribution in [3.05, 3.63) is 48.0 Å². The Hall–Kier alpha value is -1.58. The third kappa shape index (κ3) is 4.72. The van der Waals surface area contributed by atoms with E-state index in [1.807, 2.05) is 19.1 Å². The molecule has 1 atom stereocenters. The van der Waals surface area contributed by atoms with Gasteiger partial charge in [0.1, 0.15) is 0 Å². The number of halogens is 1. The third-order valence-electron chi connectivity index (χ3n) is 3.80. The highest BCUT2D eigenvalue weighted by atomic mass is 35.5. The summed E-state index contributed by atoms with van der Waals surface area (Å²) in [4.78, 5) is 12.0. The molecule has 0 aliphatic carbocycles. The van der Waals surface area contributed by atoms with Crippen LogP contribution in [0.25, 0.3) is 10.8 Å². The molecule has 3 N–H and O–H groups in total. The molecule has 0 spiro atoms. The van der Waals surface area contributed by atoms with Gasteiger partial charge < -0.3 is 11.1 Å². The van der Waals surface area contributed by atoms with Gasteiger partial charge in [-0.15, -0.1) is 12.4 Å². The van der Waals surface area contributed by atoms with Crippen LogP contribution in [0.2, 0.25) is 0 Å². The molecule has 0 saturated carbocycles. The molecule has 0 saturated heterocycles. The van der Waals surface area contributed by atoms with E-state index in [-0.39, 0.29) is 18.3 Å². The average Bonchev–Trinajstić information content (AvgIpc) is 2.47. The predicted octanol–water partition coefficient (Wildman–Crippen LogP) is 3.44. The fourth-order valence-electron chi connectivity index (χ4n) is 2.55. The zero-order valence-corrected chi connectivity index (χ0v) is 14.1. The Bertz CT molecular complexity index is 625. The maximum absolute atomic E-state index is 12.0. The minimum absolute atomic E-state index is 0. The average molecular weight is 321 g/mol. The van der Waals surface area contributed by atoms with E-state index in [0.29, 0.717) is 13.0 Å². The molecule has 1 amide bonds. The molecular formula is C18H25ClN2O. The van der Waals surface area contributed by atoms with Crippen LogP contribution in [0.3, 0.4) is 0 Å². The lowest BCUT2D eigenvalue weighted by Gasteiger charge is -2.22. The number of benzene rings is 2. The van der Waals surface area contributed by atoms with Gasteiger partial charge in [-0.2, -0.15) is 0 Å². The van der Waals surface area contributed by atoms with Gasteiger partial charge in [0.15, 0.2) is 0 Å². The second kappa shape index (κ2) is 8.16. The van der Waals surface area contributed by atoms with E-state index in [4.69, 9.17) is 5.73 Å². The summed E-state index contributed by atoms with van der Waals surface area (Å²) in [7, 11) is 0. The first-order valence-corrected chi connectivity index (χ1v) is 7.58. The number of fused-ring (bicyclic) bond motifs is 1. The van der Waals surface area contributed by atoms with Crippen LogP contribution in [0, 0.1) is 0 Å². The molecule has 0 bridgehead atoms. The van der Waals surface area contributed by atoms with Gasteiger partial charge in [0, 0.05) is 6.54 Å². The number of rotatable bonds is 6. The third-order valence-corrected chi connectivity index (χ3v) is 3.80. The first-order valence-electron chi connectivity index (χ1n) is 7.58. The Balaban J connectivity index is 0.00000242. The van der Waals surface area contributed by atoms with E-state index in [0.717, 1.165) is 12.8 Å². The van der Waals surface area contributed by atoms with Crippen LogP contribution in [-0.4, -0.2) is 18.0 Å². The van der Waals surface area contributed by atoms with Crippen molar-refractivity contribution < 1.29 is 4.79 Å². The highest BCUT2D eigenvalue weighted by Gasteiger charge is 2.26. The monoisotopic (exact) mass is 320 g/mol. The van der Waals surface area contributed by atoms with Crippen molar-refractivity contribution in [2.75, 3.05) is 6.54 Å². The van der Waals surface area contributed by atoms with Crippen LogP contribution in [0.15, 0.2) is 42.5 Å². The van der Waals surface area contributed by atoms with Gasteiger partial charge >= 0.3 is 0 Å². The quantitative estimate of drug-likeness (QED) is 0.856. The van der Waals surface area contributed by atoms with Gasteiger partial charge in [0.25, 0.3) is 0 Å². The Morgan fingerprint density at radius 2 is 1.86 bits per heavy atom. The van der Waals surface area contributed by atoms with E-state index in [1.54, 1.807) is 6.92 Å². The molecule has 0 aliphatic heterocycles. The smallest absolute Gasteiger partial charge is 0.239 e. The van der Waals surface area contributed by atoms with Crippen LogP contribution in [0.1, 0.15) is 32.3 Å². The molecule has 0 radical (unpaired) electrons. The van der Waals surface area contributed by atoms with Crippen LogP contribution in [0.4, 0.5) is 0 Å². The molecule has 2 aromatic rings. The number of amides is 1. The number of carbonyl (C=O) groups excluding carboxylic acids is 1. The summed E-state index contributed by atoms with van der Waals surface area (Å²) in [5.41, 5.74) is 6.47. The van der Waals surface area contributed by atoms with Crippen LogP contribution in [0.5, 0.6) is 0 Å². The Labute approximate surface area is 138 Å². The summed E-state index contributed by atoms with van der Waals surface area (Å²) in [6.07, 6.45) is 2.43. The first-order chi connectivity index (χ1) is 10.0. The lowest BCUT2D eigenvalue weighted by Crippen LogP contribution is -2.51. The molecule has 4 heteroatoms. The van der Waals surface area contributed by atoms with E-state index >= 15 is 0 Å². The van der Waals surface area contributed by atoms with Gasteiger partial charge in [-0.1, -0.05) is 55.8 Å². The molecule has 0 aromatic heterocycles. The van der Waals surface area contributed by atoms with Crippen molar-refractivity contribution in [1.82, 2.24) is 5.32 Å². The molecule has 0 heterocycles. The molecule has 2 aromatic carbocycles. The Morgan fingerprint density at radius 3 is 2.55 bits per heavy atom. The summed E-state index contributed by atoms with van der Waals surface area (Å²) in [6, 6.07) is 14.7. The van der Waals surface area contributed by atoms with E-state index in [1.165, 1.54) is 16.3 Å².